The van der Waals surface area contributed by atoms with Crippen LogP contribution in [0.25, 0.3) is 0 Å². The zero-order valence-electron chi connectivity index (χ0n) is 6.55. The predicted molar refractivity (Wildman–Crippen MR) is 54.9 cm³/mol. The number of halogens is 2. The van der Waals surface area contributed by atoms with Gasteiger partial charge in [-0.2, -0.15) is 0 Å². The van der Waals surface area contributed by atoms with Gasteiger partial charge < -0.3 is 10.8 Å². The summed E-state index contributed by atoms with van der Waals surface area (Å²) in [5.74, 6) is -0.901. The number of benzene rings is 1. The van der Waals surface area contributed by atoms with Crippen molar-refractivity contribution in [2.75, 3.05) is 5.73 Å². The van der Waals surface area contributed by atoms with Crippen LogP contribution in [0.4, 0.5) is 5.69 Å². The largest absolute Gasteiger partial charge is 0.481 e. The maximum Gasteiger partial charge on any atom is 0.307 e. The normalized spacial score (nSPS) is 10.0. The summed E-state index contributed by atoms with van der Waals surface area (Å²) in [7, 11) is 0. The van der Waals surface area contributed by atoms with E-state index in [9.17, 15) is 4.79 Å². The van der Waals surface area contributed by atoms with Crippen LogP contribution in [0.5, 0.6) is 0 Å². The lowest BCUT2D eigenvalue weighted by atomic mass is 10.1. The molecule has 0 saturated carbocycles. The number of rotatable bonds is 2. The van der Waals surface area contributed by atoms with Crippen molar-refractivity contribution in [1.29, 1.82) is 0 Å². The quantitative estimate of drug-likeness (QED) is 0.806. The molecule has 0 radical (unpaired) electrons. The second-order valence-electron chi connectivity index (χ2n) is 2.54. The van der Waals surface area contributed by atoms with Crippen molar-refractivity contribution in [1.82, 2.24) is 0 Å². The van der Waals surface area contributed by atoms with E-state index < -0.39 is 5.97 Å². The third kappa shape index (κ3) is 2.60. The molecule has 3 N–H and O–H groups in total. The first-order valence-corrected chi connectivity index (χ1v) is 4.63. The van der Waals surface area contributed by atoms with Gasteiger partial charge in [-0.05, 0) is 17.7 Å². The Bertz CT molecular complexity index is 354. The molecule has 0 fully saturated rings. The van der Waals surface area contributed by atoms with Crippen LogP contribution in [-0.2, 0) is 11.2 Å². The first-order chi connectivity index (χ1) is 6.00. The molecule has 0 bridgehead atoms. The lowest BCUT2D eigenvalue weighted by Gasteiger charge is -2.04. The van der Waals surface area contributed by atoms with Gasteiger partial charge in [0.25, 0.3) is 0 Å². The molecule has 0 amide bonds. The van der Waals surface area contributed by atoms with Gasteiger partial charge in [0, 0.05) is 4.47 Å². The number of carboxylic acid groups (broad SMARTS) is 1. The predicted octanol–water partition coefficient (Wildman–Crippen LogP) is 2.31. The molecule has 70 valence electrons. The Labute approximate surface area is 88.6 Å². The zero-order valence-corrected chi connectivity index (χ0v) is 8.89. The van der Waals surface area contributed by atoms with E-state index in [1.807, 2.05) is 0 Å². The van der Waals surface area contributed by atoms with Crippen molar-refractivity contribution in [3.05, 3.63) is 27.2 Å². The second kappa shape index (κ2) is 3.98. The average Bonchev–Trinajstić information content (AvgIpc) is 1.99. The smallest absolute Gasteiger partial charge is 0.307 e. The third-order valence-corrected chi connectivity index (χ3v) is 2.57. The average molecular weight is 265 g/mol. The maximum absolute atomic E-state index is 10.4. The van der Waals surface area contributed by atoms with Crippen molar-refractivity contribution in [3.63, 3.8) is 0 Å². The summed E-state index contributed by atoms with van der Waals surface area (Å²) in [5.41, 5.74) is 6.56. The van der Waals surface area contributed by atoms with Crippen molar-refractivity contribution in [2.45, 2.75) is 6.42 Å². The van der Waals surface area contributed by atoms with Crippen molar-refractivity contribution >= 4 is 39.2 Å². The van der Waals surface area contributed by atoms with Crippen LogP contribution in [0, 0.1) is 0 Å². The summed E-state index contributed by atoms with van der Waals surface area (Å²) in [6.45, 7) is 0. The standard InChI is InChI=1S/C8H7BrClNO2/c9-5-3-7(11)6(10)1-4(5)2-8(12)13/h1,3H,2,11H2,(H,12,13). The van der Waals surface area contributed by atoms with Crippen LogP contribution < -0.4 is 5.73 Å². The minimum atomic E-state index is -0.901. The lowest BCUT2D eigenvalue weighted by molar-refractivity contribution is -0.136. The molecule has 0 aliphatic heterocycles. The van der Waals surface area contributed by atoms with Crippen molar-refractivity contribution in [2.24, 2.45) is 0 Å². The van der Waals surface area contributed by atoms with E-state index in [-0.39, 0.29) is 6.42 Å². The molecule has 3 nitrogen and oxygen atoms in total. The minimum Gasteiger partial charge on any atom is -0.481 e. The fourth-order valence-electron chi connectivity index (χ4n) is 0.902. The molecule has 0 saturated heterocycles. The Morgan fingerprint density at radius 3 is 2.77 bits per heavy atom. The van der Waals surface area contributed by atoms with Crippen LogP contribution >= 0.6 is 27.5 Å². The topological polar surface area (TPSA) is 63.3 Å². The third-order valence-electron chi connectivity index (χ3n) is 1.51. The van der Waals surface area contributed by atoms with Crippen LogP contribution in [0.1, 0.15) is 5.56 Å². The molecule has 0 heterocycles. The van der Waals surface area contributed by atoms with Gasteiger partial charge in [-0.15, -0.1) is 0 Å². The minimum absolute atomic E-state index is 0.0689. The van der Waals surface area contributed by atoms with E-state index in [0.29, 0.717) is 20.7 Å². The molecule has 0 aliphatic carbocycles. The van der Waals surface area contributed by atoms with E-state index >= 15 is 0 Å². The molecule has 0 aliphatic rings. The Kier molecular flexibility index (Phi) is 3.17. The highest BCUT2D eigenvalue weighted by Gasteiger charge is 2.07. The number of aliphatic carboxylic acids is 1. The molecule has 5 heteroatoms. The highest BCUT2D eigenvalue weighted by atomic mass is 79.9. The second-order valence-corrected chi connectivity index (χ2v) is 3.80. The summed E-state index contributed by atoms with van der Waals surface area (Å²) in [5, 5.41) is 8.93. The number of carbonyl (C=O) groups is 1. The Morgan fingerprint density at radius 1 is 1.62 bits per heavy atom. The monoisotopic (exact) mass is 263 g/mol. The summed E-state index contributed by atoms with van der Waals surface area (Å²) < 4.78 is 0.664. The van der Waals surface area contributed by atoms with E-state index in [2.05, 4.69) is 15.9 Å². The van der Waals surface area contributed by atoms with Gasteiger partial charge >= 0.3 is 5.97 Å². The van der Waals surface area contributed by atoms with Crippen LogP contribution in [0.3, 0.4) is 0 Å². The van der Waals surface area contributed by atoms with E-state index in [1.165, 1.54) is 0 Å². The molecule has 1 aromatic carbocycles. The van der Waals surface area contributed by atoms with Gasteiger partial charge in [-0.1, -0.05) is 27.5 Å². The van der Waals surface area contributed by atoms with Gasteiger partial charge in [-0.3, -0.25) is 4.79 Å². The SMILES string of the molecule is Nc1cc(Br)c(CC(=O)O)cc1Cl. The summed E-state index contributed by atoms with van der Waals surface area (Å²) in [6, 6.07) is 3.15. The van der Waals surface area contributed by atoms with Gasteiger partial charge in [0.15, 0.2) is 0 Å². The molecule has 0 aromatic heterocycles. The first-order valence-electron chi connectivity index (χ1n) is 3.46. The first kappa shape index (κ1) is 10.3. The Balaban J connectivity index is 3.08. The number of nitrogen functional groups attached to an aromatic ring is 1. The lowest BCUT2D eigenvalue weighted by Crippen LogP contribution is -2.01. The molecule has 1 aromatic rings. The number of nitrogens with two attached hydrogens (primary N) is 1. The van der Waals surface area contributed by atoms with E-state index in [0.717, 1.165) is 0 Å². The number of hydrogen-bond acceptors (Lipinski definition) is 2. The Hall–Kier alpha value is -0.740. The van der Waals surface area contributed by atoms with Gasteiger partial charge in [-0.25, -0.2) is 0 Å². The van der Waals surface area contributed by atoms with Gasteiger partial charge in [0.1, 0.15) is 0 Å². The van der Waals surface area contributed by atoms with E-state index in [4.69, 9.17) is 22.4 Å². The van der Waals surface area contributed by atoms with Crippen LogP contribution in [-0.4, -0.2) is 11.1 Å². The molecule has 0 atom stereocenters. The molecule has 0 spiro atoms. The van der Waals surface area contributed by atoms with Crippen molar-refractivity contribution in [3.8, 4) is 0 Å². The Morgan fingerprint density at radius 2 is 2.23 bits per heavy atom. The maximum atomic E-state index is 10.4. The fraction of sp³-hybridized carbons (Fsp3) is 0.125. The molecular formula is C8H7BrClNO2. The summed E-state index contributed by atoms with van der Waals surface area (Å²) >= 11 is 8.94. The van der Waals surface area contributed by atoms with Crippen LogP contribution in [0.2, 0.25) is 5.02 Å². The number of hydrogen-bond donors (Lipinski definition) is 2. The number of carboxylic acids is 1. The highest BCUT2D eigenvalue weighted by Crippen LogP contribution is 2.27. The molecule has 0 unspecified atom stereocenters. The zero-order chi connectivity index (χ0) is 10.0. The molecule has 1 rings (SSSR count). The summed E-state index contributed by atoms with van der Waals surface area (Å²) in [6.07, 6.45) is -0.0689. The van der Waals surface area contributed by atoms with Gasteiger partial charge in [0.05, 0.1) is 17.1 Å². The van der Waals surface area contributed by atoms with Crippen molar-refractivity contribution < 1.29 is 9.90 Å². The highest BCUT2D eigenvalue weighted by molar-refractivity contribution is 9.10. The summed E-state index contributed by atoms with van der Waals surface area (Å²) in [4.78, 5) is 10.4. The van der Waals surface area contributed by atoms with E-state index in [1.54, 1.807) is 12.1 Å². The molecular weight excluding hydrogens is 257 g/mol. The molecule has 13 heavy (non-hydrogen) atoms. The van der Waals surface area contributed by atoms with Gasteiger partial charge in [0.2, 0.25) is 0 Å². The number of anilines is 1. The fourth-order valence-corrected chi connectivity index (χ4v) is 1.59. The van der Waals surface area contributed by atoms with Crippen LogP contribution in [0.15, 0.2) is 16.6 Å².